The molecule has 0 amide bonds. The zero-order valence-electron chi connectivity index (χ0n) is 39.1. The van der Waals surface area contributed by atoms with Crippen LogP contribution in [0.1, 0.15) is 181 Å². The highest BCUT2D eigenvalue weighted by molar-refractivity contribution is 7.47. The van der Waals surface area contributed by atoms with Crippen molar-refractivity contribution in [1.29, 1.82) is 0 Å². The minimum Gasteiger partial charge on any atom is -0.457 e. The van der Waals surface area contributed by atoms with E-state index in [0.29, 0.717) is 13.0 Å². The van der Waals surface area contributed by atoms with Crippen molar-refractivity contribution < 1.29 is 43.0 Å². The van der Waals surface area contributed by atoms with E-state index in [1.54, 1.807) is 0 Å². The van der Waals surface area contributed by atoms with Crippen molar-refractivity contribution in [2.75, 3.05) is 33.0 Å². The van der Waals surface area contributed by atoms with Gasteiger partial charge in [-0.05, 0) is 89.9 Å². The molecule has 0 heterocycles. The van der Waals surface area contributed by atoms with Crippen molar-refractivity contribution in [2.45, 2.75) is 193 Å². The first kappa shape index (κ1) is 59.4. The smallest absolute Gasteiger partial charge is 0.457 e. The Morgan fingerprint density at radius 1 is 0.500 bits per heavy atom. The maximum atomic E-state index is 12.7. The number of aliphatic hydroxyl groups excluding tert-OH is 2. The molecule has 62 heavy (non-hydrogen) atoms. The average Bonchev–Trinajstić information content (AvgIpc) is 3.26. The Hall–Kier alpha value is -2.62. The number of carbonyl (C=O) groups is 1. The Morgan fingerprint density at radius 3 is 1.31 bits per heavy atom. The molecule has 0 spiro atoms. The second-order valence-corrected chi connectivity index (χ2v) is 17.2. The molecule has 10 heteroatoms. The third kappa shape index (κ3) is 46.9. The molecule has 9 nitrogen and oxygen atoms in total. The summed E-state index contributed by atoms with van der Waals surface area (Å²) in [5.41, 5.74) is 0. The number of hydrogen-bond donors (Lipinski definition) is 3. The van der Waals surface area contributed by atoms with Crippen LogP contribution in [0, 0.1) is 0 Å². The largest absolute Gasteiger partial charge is 0.472 e. The molecule has 3 atom stereocenters. The number of aliphatic hydroxyl groups is 2. The number of rotatable bonds is 45. The summed E-state index contributed by atoms with van der Waals surface area (Å²) in [4.78, 5) is 22.7. The molecule has 0 aliphatic heterocycles. The van der Waals surface area contributed by atoms with Gasteiger partial charge in [0.25, 0.3) is 0 Å². The molecular formula is C52H89O9P. The lowest BCUT2D eigenvalue weighted by atomic mass is 10.1. The maximum Gasteiger partial charge on any atom is 0.472 e. The minimum absolute atomic E-state index is 0.0334. The van der Waals surface area contributed by atoms with E-state index < -0.39 is 45.8 Å². The number of hydrogen-bond acceptors (Lipinski definition) is 8. The summed E-state index contributed by atoms with van der Waals surface area (Å²) in [6.45, 7) is 3.25. The van der Waals surface area contributed by atoms with Gasteiger partial charge in [-0.2, -0.15) is 0 Å². The normalized spacial score (nSPS) is 14.7. The molecule has 0 aliphatic carbocycles. The molecule has 3 N–H and O–H groups in total. The molecule has 0 saturated heterocycles. The molecule has 0 aromatic rings. The average molecular weight is 889 g/mol. The monoisotopic (exact) mass is 889 g/mol. The topological polar surface area (TPSA) is 132 Å². The van der Waals surface area contributed by atoms with E-state index >= 15 is 0 Å². The number of allylic oxidation sites excluding steroid dienone is 16. The Kier molecular flexibility index (Phi) is 45.8. The van der Waals surface area contributed by atoms with Gasteiger partial charge in [-0.3, -0.25) is 13.8 Å². The van der Waals surface area contributed by atoms with Crippen molar-refractivity contribution in [3.05, 3.63) is 97.2 Å². The van der Waals surface area contributed by atoms with Crippen LogP contribution in [-0.2, 0) is 27.9 Å². The van der Waals surface area contributed by atoms with Crippen LogP contribution in [0.15, 0.2) is 97.2 Å². The molecule has 0 radical (unpaired) electrons. The van der Waals surface area contributed by atoms with Gasteiger partial charge in [-0.15, -0.1) is 0 Å². The van der Waals surface area contributed by atoms with E-state index in [-0.39, 0.29) is 13.0 Å². The van der Waals surface area contributed by atoms with Gasteiger partial charge < -0.3 is 24.6 Å². The molecule has 0 bridgehead atoms. The second-order valence-electron chi connectivity index (χ2n) is 15.7. The van der Waals surface area contributed by atoms with Crippen molar-refractivity contribution in [3.8, 4) is 0 Å². The summed E-state index contributed by atoms with van der Waals surface area (Å²) >= 11 is 0. The zero-order chi connectivity index (χ0) is 45.3. The highest BCUT2D eigenvalue weighted by Crippen LogP contribution is 2.43. The molecule has 0 aromatic carbocycles. The molecule has 356 valence electrons. The van der Waals surface area contributed by atoms with Crippen LogP contribution in [0.2, 0.25) is 0 Å². The lowest BCUT2D eigenvalue weighted by molar-refractivity contribution is -0.154. The van der Waals surface area contributed by atoms with Gasteiger partial charge in [0.05, 0.1) is 26.4 Å². The van der Waals surface area contributed by atoms with Crippen LogP contribution in [0.5, 0.6) is 0 Å². The van der Waals surface area contributed by atoms with E-state index in [9.17, 15) is 19.4 Å². The number of ether oxygens (including phenoxy) is 2. The van der Waals surface area contributed by atoms with Crippen LogP contribution in [0.4, 0.5) is 0 Å². The number of unbranched alkanes of at least 4 members (excludes halogenated alkanes) is 15. The highest BCUT2D eigenvalue weighted by Gasteiger charge is 2.26. The number of phosphoric ester groups is 1. The van der Waals surface area contributed by atoms with Crippen LogP contribution in [0.25, 0.3) is 0 Å². The molecule has 0 aliphatic rings. The van der Waals surface area contributed by atoms with E-state index in [4.69, 9.17) is 23.6 Å². The molecular weight excluding hydrogens is 800 g/mol. The first-order valence-corrected chi connectivity index (χ1v) is 25.7. The fourth-order valence-corrected chi connectivity index (χ4v) is 6.95. The Morgan fingerprint density at radius 2 is 0.871 bits per heavy atom. The van der Waals surface area contributed by atoms with Crippen LogP contribution in [-0.4, -0.2) is 66.3 Å². The van der Waals surface area contributed by atoms with E-state index in [1.165, 1.54) is 51.4 Å². The van der Waals surface area contributed by atoms with E-state index in [0.717, 1.165) is 103 Å². The summed E-state index contributed by atoms with van der Waals surface area (Å²) < 4.78 is 33.5. The number of phosphoric acid groups is 1. The van der Waals surface area contributed by atoms with Crippen LogP contribution in [0.3, 0.4) is 0 Å². The van der Waals surface area contributed by atoms with Gasteiger partial charge in [-0.25, -0.2) is 4.57 Å². The molecule has 0 rings (SSSR count). The van der Waals surface area contributed by atoms with Gasteiger partial charge in [-0.1, -0.05) is 182 Å². The standard InChI is InChI=1S/C52H89O9P/c1-3-5-7-9-11-13-15-17-19-21-23-24-25-26-27-28-30-32-34-36-38-40-42-44-52(55)61-51(49-60-62(56,57)59-47-50(54)46-53)48-58-45-43-41-39-37-35-33-31-29-22-20-18-16-14-12-10-8-6-4-2/h5-8,11-14,17-20,23-24,26-27,50-51,53-54H,3-4,9-10,15-16,21-22,25,28-49H2,1-2H3,(H,56,57)/b7-5-,8-6-,13-11-,14-12-,19-17-,20-18-,24-23-,27-26-. The Labute approximate surface area is 378 Å². The SMILES string of the molecule is CC/C=C\C/C=C\C/C=C\C/C=C\C/C=C\CCCCCCCCCC(=O)OC(COCCCCCCCCCC/C=C\C/C=C\C/C=C\CC)COP(=O)(O)OCC(O)CO. The van der Waals surface area contributed by atoms with E-state index in [2.05, 4.69) is 111 Å². The van der Waals surface area contributed by atoms with Crippen molar-refractivity contribution in [3.63, 3.8) is 0 Å². The number of carbonyl (C=O) groups excluding carboxylic acids is 1. The van der Waals surface area contributed by atoms with Gasteiger partial charge in [0, 0.05) is 13.0 Å². The minimum atomic E-state index is -4.53. The Balaban J connectivity index is 4.17. The summed E-state index contributed by atoms with van der Waals surface area (Å²) in [5.74, 6) is -0.400. The van der Waals surface area contributed by atoms with Crippen molar-refractivity contribution in [1.82, 2.24) is 0 Å². The van der Waals surface area contributed by atoms with E-state index in [1.807, 2.05) is 0 Å². The van der Waals surface area contributed by atoms with Crippen molar-refractivity contribution in [2.24, 2.45) is 0 Å². The lowest BCUT2D eigenvalue weighted by Crippen LogP contribution is -2.29. The molecule has 3 unspecified atom stereocenters. The predicted octanol–water partition coefficient (Wildman–Crippen LogP) is 14.0. The summed E-state index contributed by atoms with van der Waals surface area (Å²) in [7, 11) is -4.53. The third-order valence-corrected chi connectivity index (χ3v) is 10.7. The summed E-state index contributed by atoms with van der Waals surface area (Å²) in [5, 5.41) is 18.4. The van der Waals surface area contributed by atoms with Crippen LogP contribution < -0.4 is 0 Å². The summed E-state index contributed by atoms with van der Waals surface area (Å²) in [6, 6.07) is 0. The zero-order valence-corrected chi connectivity index (χ0v) is 39.9. The van der Waals surface area contributed by atoms with Gasteiger partial charge in [0.15, 0.2) is 0 Å². The number of esters is 1. The summed E-state index contributed by atoms with van der Waals surface area (Å²) in [6.07, 6.45) is 60.8. The highest BCUT2D eigenvalue weighted by atomic mass is 31.2. The maximum absolute atomic E-state index is 12.7. The predicted molar refractivity (Wildman–Crippen MR) is 260 cm³/mol. The van der Waals surface area contributed by atoms with Gasteiger partial charge in [0.1, 0.15) is 12.2 Å². The first-order chi connectivity index (χ1) is 30.3. The first-order valence-electron chi connectivity index (χ1n) is 24.2. The lowest BCUT2D eigenvalue weighted by Gasteiger charge is -2.20. The Bertz CT molecular complexity index is 1280. The molecule has 0 saturated carbocycles. The fraction of sp³-hybridized carbons (Fsp3) is 0.673. The van der Waals surface area contributed by atoms with Gasteiger partial charge in [0.2, 0.25) is 0 Å². The molecule has 0 aromatic heterocycles. The van der Waals surface area contributed by atoms with Crippen LogP contribution >= 0.6 is 7.82 Å². The molecule has 0 fully saturated rings. The van der Waals surface area contributed by atoms with Gasteiger partial charge >= 0.3 is 13.8 Å². The quantitative estimate of drug-likeness (QED) is 0.0237. The second kappa shape index (κ2) is 47.8. The van der Waals surface area contributed by atoms with Crippen molar-refractivity contribution >= 4 is 13.8 Å². The fourth-order valence-electron chi connectivity index (χ4n) is 6.16. The third-order valence-electron chi connectivity index (χ3n) is 9.77.